The minimum absolute atomic E-state index is 0.154. The highest BCUT2D eigenvalue weighted by Crippen LogP contribution is 2.39. The van der Waals surface area contributed by atoms with Crippen molar-refractivity contribution in [1.29, 1.82) is 0 Å². The lowest BCUT2D eigenvalue weighted by Gasteiger charge is -2.33. The summed E-state index contributed by atoms with van der Waals surface area (Å²) in [7, 11) is 0. The number of rotatable bonds is 6. The normalized spacial score (nSPS) is 15.1. The second-order valence-corrected chi connectivity index (χ2v) is 9.38. The van der Waals surface area contributed by atoms with E-state index in [0.29, 0.717) is 18.1 Å². The first-order valence-electron chi connectivity index (χ1n) is 11.8. The molecule has 2 aromatic heterocycles. The Kier molecular flexibility index (Phi) is 6.97. The first-order chi connectivity index (χ1) is 17.5. The number of hydrogen-bond donors (Lipinski definition) is 3. The van der Waals surface area contributed by atoms with Gasteiger partial charge >= 0.3 is 0 Å². The molecule has 0 radical (unpaired) electrons. The van der Waals surface area contributed by atoms with Crippen molar-refractivity contribution in [3.63, 3.8) is 0 Å². The molecule has 0 bridgehead atoms. The van der Waals surface area contributed by atoms with Crippen LogP contribution in [0.15, 0.2) is 67.1 Å². The molecule has 1 atom stereocenters. The second-order valence-electron chi connectivity index (χ2n) is 8.95. The third-order valence-corrected chi connectivity index (χ3v) is 6.87. The van der Waals surface area contributed by atoms with Crippen LogP contribution in [0.25, 0.3) is 22.5 Å². The molecular weight excluding hydrogens is 478 g/mol. The van der Waals surface area contributed by atoms with E-state index >= 15 is 0 Å². The van der Waals surface area contributed by atoms with Gasteiger partial charge in [-0.2, -0.15) is 5.10 Å². The van der Waals surface area contributed by atoms with Gasteiger partial charge in [0.1, 0.15) is 23.9 Å². The number of aromatic nitrogens is 4. The summed E-state index contributed by atoms with van der Waals surface area (Å²) in [4.78, 5) is 23.2. The van der Waals surface area contributed by atoms with Gasteiger partial charge in [-0.25, -0.2) is 9.97 Å². The fraction of sp³-hybridized carbons (Fsp3) is 0.259. The Morgan fingerprint density at radius 1 is 1.08 bits per heavy atom. The molecule has 9 heteroatoms. The van der Waals surface area contributed by atoms with Gasteiger partial charge in [0.2, 0.25) is 0 Å². The quantitative estimate of drug-likeness (QED) is 0.363. The number of carbonyl (C=O) groups is 1. The summed E-state index contributed by atoms with van der Waals surface area (Å²) >= 11 is 6.09. The molecule has 1 fully saturated rings. The van der Waals surface area contributed by atoms with E-state index < -0.39 is 6.10 Å². The van der Waals surface area contributed by atoms with Crippen molar-refractivity contribution in [1.82, 2.24) is 25.1 Å². The molecule has 1 aliphatic heterocycles. The van der Waals surface area contributed by atoms with Crippen LogP contribution in [0.3, 0.4) is 0 Å². The predicted molar refractivity (Wildman–Crippen MR) is 136 cm³/mol. The number of amides is 1. The maximum atomic E-state index is 12.9. The maximum Gasteiger partial charge on any atom is 0.251 e. The number of hydrogen-bond acceptors (Lipinski definition) is 6. The van der Waals surface area contributed by atoms with Crippen LogP contribution in [0.5, 0.6) is 5.75 Å². The van der Waals surface area contributed by atoms with E-state index in [4.69, 9.17) is 11.6 Å². The first-order valence-corrected chi connectivity index (χ1v) is 12.2. The Bertz CT molecular complexity index is 1320. The van der Waals surface area contributed by atoms with E-state index in [1.807, 2.05) is 30.3 Å². The zero-order chi connectivity index (χ0) is 25.1. The second kappa shape index (κ2) is 10.5. The van der Waals surface area contributed by atoms with Crippen LogP contribution in [-0.4, -0.2) is 60.4 Å². The summed E-state index contributed by atoms with van der Waals surface area (Å²) in [6.07, 6.45) is 3.79. The average molecular weight is 504 g/mol. The zero-order valence-electron chi connectivity index (χ0n) is 19.5. The minimum Gasteiger partial charge on any atom is -0.508 e. The Morgan fingerprint density at radius 3 is 2.47 bits per heavy atom. The minimum atomic E-state index is -1.12. The molecule has 5 rings (SSSR count). The molecule has 0 saturated carbocycles. The molecule has 1 amide bonds. The summed E-state index contributed by atoms with van der Waals surface area (Å²) in [6.45, 7) is 1.07. The molecule has 8 nitrogen and oxygen atoms in total. The molecule has 0 spiro atoms. The van der Waals surface area contributed by atoms with Gasteiger partial charge in [-0.3, -0.25) is 9.89 Å². The highest BCUT2D eigenvalue weighted by Gasteiger charge is 2.31. The van der Waals surface area contributed by atoms with Crippen LogP contribution in [-0.2, 0) is 11.2 Å². The third-order valence-electron chi connectivity index (χ3n) is 6.62. The topological polar surface area (TPSA) is 115 Å². The van der Waals surface area contributed by atoms with Crippen LogP contribution < -0.4 is 0 Å². The van der Waals surface area contributed by atoms with E-state index in [9.17, 15) is 15.0 Å². The lowest BCUT2D eigenvalue weighted by Crippen LogP contribution is -2.44. The number of nitrogens with one attached hydrogen (secondary N) is 1. The summed E-state index contributed by atoms with van der Waals surface area (Å²) in [5.41, 5.74) is 5.21. The number of halogens is 1. The van der Waals surface area contributed by atoms with E-state index in [-0.39, 0.29) is 24.0 Å². The van der Waals surface area contributed by atoms with E-state index in [2.05, 4.69) is 20.2 Å². The number of carbonyl (C=O) groups excluding carboxylic acids is 1. The molecule has 3 heterocycles. The van der Waals surface area contributed by atoms with Crippen molar-refractivity contribution in [2.75, 3.05) is 13.1 Å². The van der Waals surface area contributed by atoms with Gasteiger partial charge < -0.3 is 15.1 Å². The highest BCUT2D eigenvalue weighted by atomic mass is 35.5. The maximum absolute atomic E-state index is 12.9. The number of piperidine rings is 1. The van der Waals surface area contributed by atoms with Crippen LogP contribution in [0.1, 0.15) is 30.0 Å². The van der Waals surface area contributed by atoms with Crippen LogP contribution in [0, 0.1) is 0 Å². The molecule has 184 valence electrons. The smallest absolute Gasteiger partial charge is 0.251 e. The largest absolute Gasteiger partial charge is 0.508 e. The fourth-order valence-electron chi connectivity index (χ4n) is 4.71. The van der Waals surface area contributed by atoms with Gasteiger partial charge in [0.25, 0.3) is 5.91 Å². The average Bonchev–Trinajstić information content (AvgIpc) is 3.36. The number of aromatic hydroxyl groups is 1. The SMILES string of the molecule is O=C(C(O)Cc1ccc(O)cc1)N1CCC(c2[nH]nc(-c3ccc(Cl)cc3)c2-c2ccncn2)CC1. The Hall–Kier alpha value is -3.75. The summed E-state index contributed by atoms with van der Waals surface area (Å²) in [5.74, 6) is 0.0341. The number of nitrogens with zero attached hydrogens (tertiary/aromatic N) is 4. The van der Waals surface area contributed by atoms with Crippen molar-refractivity contribution in [3.05, 3.63) is 83.4 Å². The number of phenols is 1. The van der Waals surface area contributed by atoms with Gasteiger partial charge in [-0.05, 0) is 48.7 Å². The molecule has 0 aliphatic carbocycles. The number of likely N-dealkylation sites (tertiary alicyclic amines) is 1. The number of aromatic amines is 1. The van der Waals surface area contributed by atoms with Crippen LogP contribution >= 0.6 is 11.6 Å². The van der Waals surface area contributed by atoms with Gasteiger partial charge in [-0.1, -0.05) is 35.9 Å². The van der Waals surface area contributed by atoms with E-state index in [1.54, 1.807) is 35.4 Å². The zero-order valence-corrected chi connectivity index (χ0v) is 20.3. The Labute approximate surface area is 213 Å². The molecule has 36 heavy (non-hydrogen) atoms. The molecule has 4 aromatic rings. The first kappa shape index (κ1) is 24.0. The summed E-state index contributed by atoms with van der Waals surface area (Å²) in [6, 6.07) is 15.9. The molecule has 1 unspecified atom stereocenters. The van der Waals surface area contributed by atoms with Crippen molar-refractivity contribution >= 4 is 17.5 Å². The highest BCUT2D eigenvalue weighted by molar-refractivity contribution is 6.30. The number of aliphatic hydroxyl groups excluding tert-OH is 1. The number of phenolic OH excluding ortho intramolecular Hbond substituents is 1. The van der Waals surface area contributed by atoms with Crippen LogP contribution in [0.2, 0.25) is 5.02 Å². The predicted octanol–water partition coefficient (Wildman–Crippen LogP) is 4.20. The summed E-state index contributed by atoms with van der Waals surface area (Å²) in [5, 5.41) is 28.5. The van der Waals surface area contributed by atoms with E-state index in [0.717, 1.165) is 46.6 Å². The van der Waals surface area contributed by atoms with Crippen LogP contribution in [0.4, 0.5) is 0 Å². The molecule has 2 aromatic carbocycles. The monoisotopic (exact) mass is 503 g/mol. The fourth-order valence-corrected chi connectivity index (χ4v) is 4.83. The summed E-state index contributed by atoms with van der Waals surface area (Å²) < 4.78 is 0. The van der Waals surface area contributed by atoms with Crippen molar-refractivity contribution in [3.8, 4) is 28.3 Å². The van der Waals surface area contributed by atoms with Crippen molar-refractivity contribution < 1.29 is 15.0 Å². The number of aliphatic hydroxyl groups is 1. The third kappa shape index (κ3) is 5.10. The van der Waals surface area contributed by atoms with E-state index in [1.165, 1.54) is 6.33 Å². The Balaban J connectivity index is 1.32. The molecular formula is C27H26ClN5O3. The van der Waals surface area contributed by atoms with Gasteiger partial charge in [0.05, 0.1) is 5.69 Å². The Morgan fingerprint density at radius 2 is 1.81 bits per heavy atom. The van der Waals surface area contributed by atoms with Crippen molar-refractivity contribution in [2.24, 2.45) is 0 Å². The van der Waals surface area contributed by atoms with Gasteiger partial charge in [0, 0.05) is 53.5 Å². The lowest BCUT2D eigenvalue weighted by atomic mass is 9.88. The molecule has 1 saturated heterocycles. The number of H-pyrrole nitrogens is 1. The standard InChI is InChI=1S/C27H26ClN5O3/c28-20-5-3-18(4-6-20)25-24(22-9-12-29-16-30-22)26(32-31-25)19-10-13-33(14-11-19)27(36)23(35)15-17-1-7-21(34)8-2-17/h1-9,12,16,19,23,34-35H,10-11,13-15H2,(H,31,32). The lowest BCUT2D eigenvalue weighted by molar-refractivity contribution is -0.141. The van der Waals surface area contributed by atoms with Gasteiger partial charge in [-0.15, -0.1) is 0 Å². The van der Waals surface area contributed by atoms with Crippen molar-refractivity contribution in [2.45, 2.75) is 31.3 Å². The molecule has 1 aliphatic rings. The molecule has 3 N–H and O–H groups in total. The number of benzene rings is 2. The van der Waals surface area contributed by atoms with Gasteiger partial charge in [0.15, 0.2) is 0 Å².